The van der Waals surface area contributed by atoms with Crippen LogP contribution >= 0.6 is 15.9 Å². The van der Waals surface area contributed by atoms with Gasteiger partial charge in [0.2, 0.25) is 0 Å². The maximum absolute atomic E-state index is 4.45. The SMILES string of the molecule is Cc1nc(Br)cc(N(C)C(C)C2CC2)n1. The highest BCUT2D eigenvalue weighted by Crippen LogP contribution is 2.36. The molecule has 82 valence electrons. The average Bonchev–Trinajstić information content (AvgIpc) is 2.97. The summed E-state index contributed by atoms with van der Waals surface area (Å²) in [5, 5.41) is 0. The smallest absolute Gasteiger partial charge is 0.133 e. The lowest BCUT2D eigenvalue weighted by molar-refractivity contribution is 0.602. The van der Waals surface area contributed by atoms with Gasteiger partial charge in [-0.05, 0) is 48.5 Å². The fourth-order valence-corrected chi connectivity index (χ4v) is 2.26. The number of hydrogen-bond donors (Lipinski definition) is 0. The summed E-state index contributed by atoms with van der Waals surface area (Å²) in [4.78, 5) is 10.9. The maximum atomic E-state index is 4.45. The summed E-state index contributed by atoms with van der Waals surface area (Å²) >= 11 is 3.41. The number of halogens is 1. The quantitative estimate of drug-likeness (QED) is 0.791. The zero-order valence-electron chi connectivity index (χ0n) is 9.37. The number of aromatic nitrogens is 2. The van der Waals surface area contributed by atoms with E-state index in [-0.39, 0.29) is 0 Å². The third-order valence-corrected chi connectivity index (χ3v) is 3.48. The molecule has 1 fully saturated rings. The second kappa shape index (κ2) is 4.08. The highest BCUT2D eigenvalue weighted by atomic mass is 79.9. The number of hydrogen-bond acceptors (Lipinski definition) is 3. The van der Waals surface area contributed by atoms with Gasteiger partial charge < -0.3 is 4.90 Å². The third kappa shape index (κ3) is 2.48. The number of anilines is 1. The van der Waals surface area contributed by atoms with Gasteiger partial charge in [0.25, 0.3) is 0 Å². The molecule has 1 aromatic rings. The van der Waals surface area contributed by atoms with E-state index in [0.29, 0.717) is 6.04 Å². The van der Waals surface area contributed by atoms with E-state index in [1.165, 1.54) is 12.8 Å². The van der Waals surface area contributed by atoms with Crippen LogP contribution in [0.25, 0.3) is 0 Å². The van der Waals surface area contributed by atoms with Crippen LogP contribution in [0.5, 0.6) is 0 Å². The zero-order valence-corrected chi connectivity index (χ0v) is 11.0. The Morgan fingerprint density at radius 1 is 1.47 bits per heavy atom. The van der Waals surface area contributed by atoms with Crippen molar-refractivity contribution in [1.29, 1.82) is 0 Å². The van der Waals surface area contributed by atoms with Crippen LogP contribution in [0, 0.1) is 12.8 Å². The molecule has 0 saturated heterocycles. The van der Waals surface area contributed by atoms with Crippen LogP contribution in [0.1, 0.15) is 25.6 Å². The van der Waals surface area contributed by atoms with Crippen LogP contribution in [0.3, 0.4) is 0 Å². The summed E-state index contributed by atoms with van der Waals surface area (Å²) in [6, 6.07) is 2.55. The Hall–Kier alpha value is -0.640. The average molecular weight is 270 g/mol. The second-order valence-electron chi connectivity index (χ2n) is 4.29. The van der Waals surface area contributed by atoms with Crippen molar-refractivity contribution in [2.75, 3.05) is 11.9 Å². The Morgan fingerprint density at radius 3 is 2.67 bits per heavy atom. The Kier molecular flexibility index (Phi) is 2.96. The highest BCUT2D eigenvalue weighted by molar-refractivity contribution is 9.10. The monoisotopic (exact) mass is 269 g/mol. The normalized spacial score (nSPS) is 17.6. The Labute approximate surface area is 99.0 Å². The maximum Gasteiger partial charge on any atom is 0.133 e. The lowest BCUT2D eigenvalue weighted by Gasteiger charge is -2.26. The number of nitrogens with zero attached hydrogens (tertiary/aromatic N) is 3. The molecule has 1 aromatic heterocycles. The summed E-state index contributed by atoms with van der Waals surface area (Å²) in [6.07, 6.45) is 2.72. The minimum absolute atomic E-state index is 0.575. The third-order valence-electron chi connectivity index (χ3n) is 3.07. The van der Waals surface area contributed by atoms with Crippen molar-refractivity contribution in [2.45, 2.75) is 32.7 Å². The first kappa shape index (κ1) is 10.9. The minimum Gasteiger partial charge on any atom is -0.357 e. The molecule has 0 amide bonds. The number of rotatable bonds is 3. The van der Waals surface area contributed by atoms with Gasteiger partial charge in [-0.25, -0.2) is 9.97 Å². The molecule has 0 N–H and O–H groups in total. The molecule has 1 aliphatic carbocycles. The molecule has 15 heavy (non-hydrogen) atoms. The second-order valence-corrected chi connectivity index (χ2v) is 5.10. The van der Waals surface area contributed by atoms with Gasteiger partial charge in [-0.15, -0.1) is 0 Å². The molecular weight excluding hydrogens is 254 g/mol. The van der Waals surface area contributed by atoms with Crippen LogP contribution < -0.4 is 4.90 Å². The van der Waals surface area contributed by atoms with Crippen molar-refractivity contribution < 1.29 is 0 Å². The largest absolute Gasteiger partial charge is 0.357 e. The Morgan fingerprint density at radius 2 is 2.13 bits per heavy atom. The van der Waals surface area contributed by atoms with Crippen LogP contribution in [0.2, 0.25) is 0 Å². The summed E-state index contributed by atoms with van der Waals surface area (Å²) in [5.41, 5.74) is 0. The summed E-state index contributed by atoms with van der Waals surface area (Å²) in [7, 11) is 2.11. The fraction of sp³-hybridized carbons (Fsp3) is 0.636. The summed E-state index contributed by atoms with van der Waals surface area (Å²) in [5.74, 6) is 2.67. The van der Waals surface area contributed by atoms with E-state index in [9.17, 15) is 0 Å². The van der Waals surface area contributed by atoms with Crippen LogP contribution in [-0.4, -0.2) is 23.1 Å². The van der Waals surface area contributed by atoms with Gasteiger partial charge in [0.1, 0.15) is 16.2 Å². The van der Waals surface area contributed by atoms with Crippen molar-refractivity contribution in [3.05, 3.63) is 16.5 Å². The molecule has 0 spiro atoms. The molecule has 0 aliphatic heterocycles. The van der Waals surface area contributed by atoms with Crippen molar-refractivity contribution >= 4 is 21.7 Å². The van der Waals surface area contributed by atoms with Crippen molar-refractivity contribution in [3.63, 3.8) is 0 Å². The van der Waals surface area contributed by atoms with Crippen molar-refractivity contribution in [3.8, 4) is 0 Å². The first-order valence-corrected chi connectivity index (χ1v) is 6.11. The van der Waals surface area contributed by atoms with E-state index in [0.717, 1.165) is 22.2 Å². The Bertz CT molecular complexity index is 343. The lowest BCUT2D eigenvalue weighted by atomic mass is 10.2. The van der Waals surface area contributed by atoms with Gasteiger partial charge >= 0.3 is 0 Å². The van der Waals surface area contributed by atoms with Crippen LogP contribution in [-0.2, 0) is 0 Å². The molecule has 0 bridgehead atoms. The molecule has 1 saturated carbocycles. The minimum atomic E-state index is 0.575. The van der Waals surface area contributed by atoms with Crippen molar-refractivity contribution in [1.82, 2.24) is 9.97 Å². The highest BCUT2D eigenvalue weighted by Gasteiger charge is 2.31. The molecule has 0 radical (unpaired) electrons. The van der Waals surface area contributed by atoms with Gasteiger partial charge in [-0.2, -0.15) is 0 Å². The topological polar surface area (TPSA) is 29.0 Å². The first-order chi connectivity index (χ1) is 7.08. The molecule has 1 aliphatic rings. The molecule has 3 nitrogen and oxygen atoms in total. The predicted octanol–water partition coefficient (Wildman–Crippen LogP) is 2.78. The summed E-state index contributed by atoms with van der Waals surface area (Å²) < 4.78 is 0.861. The first-order valence-electron chi connectivity index (χ1n) is 5.32. The van der Waals surface area contributed by atoms with E-state index in [2.05, 4.69) is 44.8 Å². The molecule has 4 heteroatoms. The number of aryl methyl sites for hydroxylation is 1. The zero-order chi connectivity index (χ0) is 11.0. The van der Waals surface area contributed by atoms with Gasteiger partial charge in [0, 0.05) is 19.2 Å². The van der Waals surface area contributed by atoms with Crippen LogP contribution in [0.4, 0.5) is 5.82 Å². The standard InChI is InChI=1S/C11H16BrN3/c1-7(9-4-5-9)15(3)11-6-10(12)13-8(2)14-11/h6-7,9H,4-5H2,1-3H3. The molecule has 1 unspecified atom stereocenters. The van der Waals surface area contributed by atoms with Crippen LogP contribution in [0.15, 0.2) is 10.7 Å². The van der Waals surface area contributed by atoms with Gasteiger partial charge in [-0.1, -0.05) is 0 Å². The van der Waals surface area contributed by atoms with E-state index >= 15 is 0 Å². The predicted molar refractivity (Wildman–Crippen MR) is 65.1 cm³/mol. The van der Waals surface area contributed by atoms with E-state index in [1.807, 2.05) is 13.0 Å². The molecule has 0 aromatic carbocycles. The molecule has 1 atom stereocenters. The van der Waals surface area contributed by atoms with E-state index in [1.54, 1.807) is 0 Å². The molecule has 1 heterocycles. The lowest BCUT2D eigenvalue weighted by Crippen LogP contribution is -2.31. The van der Waals surface area contributed by atoms with E-state index in [4.69, 9.17) is 0 Å². The molecule has 2 rings (SSSR count). The molecular formula is C11H16BrN3. The fourth-order valence-electron chi connectivity index (χ4n) is 1.80. The van der Waals surface area contributed by atoms with Crippen molar-refractivity contribution in [2.24, 2.45) is 5.92 Å². The van der Waals surface area contributed by atoms with Gasteiger partial charge in [0.15, 0.2) is 0 Å². The summed E-state index contributed by atoms with van der Waals surface area (Å²) in [6.45, 7) is 4.19. The van der Waals surface area contributed by atoms with Gasteiger partial charge in [-0.3, -0.25) is 0 Å². The van der Waals surface area contributed by atoms with E-state index < -0.39 is 0 Å². The Balaban J connectivity index is 2.19. The van der Waals surface area contributed by atoms with Gasteiger partial charge in [0.05, 0.1) is 0 Å².